The lowest BCUT2D eigenvalue weighted by molar-refractivity contribution is -0.154. The molecule has 6 nitrogen and oxygen atoms in total. The largest absolute Gasteiger partial charge is 0.390 e. The zero-order valence-corrected chi connectivity index (χ0v) is 20.2. The van der Waals surface area contributed by atoms with Crippen LogP contribution in [0.2, 0.25) is 0 Å². The number of aliphatic hydroxyl groups excluding tert-OH is 2. The minimum Gasteiger partial charge on any atom is -0.390 e. The molecule has 0 saturated heterocycles. The highest BCUT2D eigenvalue weighted by atomic mass is 19.3. The van der Waals surface area contributed by atoms with Gasteiger partial charge in [0.2, 0.25) is 5.91 Å². The molecule has 0 radical (unpaired) electrons. The van der Waals surface area contributed by atoms with E-state index in [1.807, 2.05) is 13.8 Å². The van der Waals surface area contributed by atoms with Gasteiger partial charge in [0.1, 0.15) is 0 Å². The maximum absolute atomic E-state index is 13.3. The molecule has 4 aliphatic carbocycles. The normalized spacial score (nSPS) is 44.6. The van der Waals surface area contributed by atoms with Gasteiger partial charge in [-0.05, 0) is 80.4 Å². The predicted octanol–water partition coefficient (Wildman–Crippen LogP) is 2.86. The Bertz CT molecular complexity index is 908. The molecule has 34 heavy (non-hydrogen) atoms. The second-order valence-electron chi connectivity index (χ2n) is 11.5. The van der Waals surface area contributed by atoms with Crippen LogP contribution in [-0.4, -0.2) is 68.7 Å². The number of allylic oxidation sites excluding steroid dienone is 1. The van der Waals surface area contributed by atoms with Crippen LogP contribution in [-0.2, 0) is 9.59 Å². The van der Waals surface area contributed by atoms with E-state index in [-0.39, 0.29) is 30.5 Å². The van der Waals surface area contributed by atoms with E-state index in [9.17, 15) is 33.7 Å². The number of fused-ring (bicyclic) bond motifs is 5. The molecule has 9 atom stereocenters. The number of aliphatic hydroxyl groups is 3. The number of carbonyl (C=O) groups excluding carboxylic acids is 2. The van der Waals surface area contributed by atoms with Crippen LogP contribution in [0.5, 0.6) is 0 Å². The van der Waals surface area contributed by atoms with E-state index >= 15 is 0 Å². The zero-order valence-electron chi connectivity index (χ0n) is 20.2. The quantitative estimate of drug-likeness (QED) is 0.525. The summed E-state index contributed by atoms with van der Waals surface area (Å²) in [7, 11) is 0. The van der Waals surface area contributed by atoms with Crippen molar-refractivity contribution in [1.82, 2.24) is 4.90 Å². The van der Waals surface area contributed by atoms with Crippen molar-refractivity contribution >= 4 is 11.7 Å². The Hall–Kier alpha value is -1.64. The molecule has 3 unspecified atom stereocenters. The molecule has 4 rings (SSSR count). The summed E-state index contributed by atoms with van der Waals surface area (Å²) in [6.07, 6.45) is 0.787. The van der Waals surface area contributed by atoms with Crippen LogP contribution in [0.25, 0.3) is 0 Å². The second kappa shape index (κ2) is 8.49. The molecule has 3 saturated carbocycles. The Morgan fingerprint density at radius 3 is 2.53 bits per heavy atom. The molecule has 0 spiro atoms. The van der Waals surface area contributed by atoms with Gasteiger partial charge in [-0.1, -0.05) is 20.4 Å². The first kappa shape index (κ1) is 25.5. The van der Waals surface area contributed by atoms with Crippen LogP contribution in [0.15, 0.2) is 24.3 Å². The second-order valence-corrected chi connectivity index (χ2v) is 11.5. The van der Waals surface area contributed by atoms with E-state index in [1.165, 1.54) is 0 Å². The third-order valence-electron chi connectivity index (χ3n) is 10.1. The summed E-state index contributed by atoms with van der Waals surface area (Å²) in [4.78, 5) is 26.8. The van der Waals surface area contributed by atoms with Crippen molar-refractivity contribution in [2.24, 2.45) is 28.6 Å². The van der Waals surface area contributed by atoms with Crippen LogP contribution in [0.1, 0.15) is 59.3 Å². The topological polar surface area (TPSA) is 98.1 Å². The molecule has 190 valence electrons. The first-order valence-corrected chi connectivity index (χ1v) is 12.4. The highest BCUT2D eigenvalue weighted by molar-refractivity contribution is 5.95. The maximum Gasteiger partial charge on any atom is 0.255 e. The molecule has 8 heteroatoms. The summed E-state index contributed by atoms with van der Waals surface area (Å²) in [6.45, 7) is 8.46. The first-order valence-electron chi connectivity index (χ1n) is 12.4. The van der Waals surface area contributed by atoms with Crippen molar-refractivity contribution in [2.45, 2.75) is 89.6 Å². The predicted molar refractivity (Wildman–Crippen MR) is 122 cm³/mol. The fourth-order valence-electron chi connectivity index (χ4n) is 8.12. The minimum atomic E-state index is -2.68. The maximum atomic E-state index is 13.3. The lowest BCUT2D eigenvalue weighted by atomic mass is 9.46. The molecule has 0 aliphatic heterocycles. The highest BCUT2D eigenvalue weighted by Crippen LogP contribution is 2.67. The van der Waals surface area contributed by atoms with Gasteiger partial charge in [-0.25, -0.2) is 8.78 Å². The molecule has 0 bridgehead atoms. The average Bonchev–Trinajstić information content (AvgIpc) is 3.04. The van der Waals surface area contributed by atoms with Crippen molar-refractivity contribution in [3.63, 3.8) is 0 Å². The third kappa shape index (κ3) is 3.51. The summed E-state index contributed by atoms with van der Waals surface area (Å²) in [5.74, 6) is -1.44. The summed E-state index contributed by atoms with van der Waals surface area (Å²) >= 11 is 0. The van der Waals surface area contributed by atoms with Crippen LogP contribution in [0.4, 0.5) is 8.78 Å². The van der Waals surface area contributed by atoms with E-state index in [0.717, 1.165) is 11.0 Å². The van der Waals surface area contributed by atoms with Crippen molar-refractivity contribution in [2.75, 3.05) is 6.54 Å². The van der Waals surface area contributed by atoms with Crippen molar-refractivity contribution in [3.8, 4) is 0 Å². The lowest BCUT2D eigenvalue weighted by Gasteiger charge is -2.60. The number of hydrogen-bond acceptors (Lipinski definition) is 5. The van der Waals surface area contributed by atoms with Crippen LogP contribution in [0, 0.1) is 28.6 Å². The van der Waals surface area contributed by atoms with E-state index in [4.69, 9.17) is 0 Å². The Kier molecular flexibility index (Phi) is 6.35. The van der Waals surface area contributed by atoms with E-state index in [0.29, 0.717) is 31.3 Å². The molecular formula is C26H37F2NO5. The molecule has 0 heterocycles. The molecule has 0 aromatic heterocycles. The molecule has 0 aromatic rings. The molecule has 3 fully saturated rings. The number of rotatable bonds is 5. The molecule has 0 aromatic carbocycles. The van der Waals surface area contributed by atoms with Gasteiger partial charge in [-0.15, -0.1) is 0 Å². The third-order valence-corrected chi connectivity index (χ3v) is 10.1. The molecular weight excluding hydrogens is 444 g/mol. The number of amides is 1. The zero-order chi connectivity index (χ0) is 25.2. The van der Waals surface area contributed by atoms with Gasteiger partial charge in [-0.2, -0.15) is 0 Å². The van der Waals surface area contributed by atoms with E-state index < -0.39 is 59.5 Å². The number of alkyl halides is 2. The summed E-state index contributed by atoms with van der Waals surface area (Å²) < 4.78 is 26.6. The number of hydrogen-bond donors (Lipinski definition) is 3. The van der Waals surface area contributed by atoms with Crippen LogP contribution < -0.4 is 0 Å². The van der Waals surface area contributed by atoms with Gasteiger partial charge in [0, 0.05) is 17.4 Å². The van der Waals surface area contributed by atoms with E-state index in [2.05, 4.69) is 6.58 Å². The Balaban J connectivity index is 1.70. The number of ketones is 1. The van der Waals surface area contributed by atoms with Crippen LogP contribution in [0.3, 0.4) is 0 Å². The van der Waals surface area contributed by atoms with Gasteiger partial charge in [-0.3, -0.25) is 9.59 Å². The van der Waals surface area contributed by atoms with Crippen molar-refractivity contribution in [3.05, 3.63) is 24.3 Å². The van der Waals surface area contributed by atoms with Crippen LogP contribution >= 0.6 is 0 Å². The number of nitrogens with zero attached hydrogens (tertiary/aromatic N) is 1. The Morgan fingerprint density at radius 2 is 1.91 bits per heavy atom. The fourth-order valence-corrected chi connectivity index (χ4v) is 8.12. The summed E-state index contributed by atoms with van der Waals surface area (Å²) in [5, 5.41) is 32.8. The molecule has 3 N–H and O–H groups in total. The number of carbonyl (C=O) groups is 2. The van der Waals surface area contributed by atoms with Crippen molar-refractivity contribution in [1.29, 1.82) is 0 Å². The molecule has 1 amide bonds. The first-order chi connectivity index (χ1) is 15.8. The monoisotopic (exact) mass is 481 g/mol. The van der Waals surface area contributed by atoms with Gasteiger partial charge >= 0.3 is 0 Å². The Labute approximate surface area is 199 Å². The summed E-state index contributed by atoms with van der Waals surface area (Å²) in [5.41, 5.74) is -1.89. The SMILES string of the molecule is C=CC(=O)N(CC(F)F)C(C)C1CC[C@@]2(O)C3=CC(=O)[C@@H]4C[C@@H](O)[C@@H](O)C[C@]4(C)C3CC[C@]12C. The average molecular weight is 482 g/mol. The van der Waals surface area contributed by atoms with Crippen molar-refractivity contribution < 1.29 is 33.7 Å². The summed E-state index contributed by atoms with van der Waals surface area (Å²) in [6, 6.07) is -0.537. The standard InChI is InChI=1S/C26H37F2NO5/c1-5-23(33)29(13-22(27)28)14(2)15-7-9-26(34)17-10-19(30)18-11-20(31)21(32)12-24(18,3)16(17)6-8-25(15,26)4/h5,10,14-16,18,20-22,31-32,34H,1,6-9,11-13H2,2-4H3/t14?,15?,16?,18-,20+,21-,24+,25+,26+/m0/s1. The highest BCUT2D eigenvalue weighted by Gasteiger charge is 2.67. The smallest absolute Gasteiger partial charge is 0.255 e. The lowest BCUT2D eigenvalue weighted by Crippen LogP contribution is -2.61. The minimum absolute atomic E-state index is 0.114. The van der Waals surface area contributed by atoms with E-state index in [1.54, 1.807) is 13.0 Å². The van der Waals surface area contributed by atoms with Gasteiger partial charge in [0.25, 0.3) is 6.43 Å². The van der Waals surface area contributed by atoms with Gasteiger partial charge in [0.15, 0.2) is 5.78 Å². The molecule has 4 aliphatic rings. The fraction of sp³-hybridized carbons (Fsp3) is 0.769. The van der Waals surface area contributed by atoms with Gasteiger partial charge in [0.05, 0.1) is 24.4 Å². The number of halogens is 2. The Morgan fingerprint density at radius 1 is 1.24 bits per heavy atom. The van der Waals surface area contributed by atoms with Gasteiger partial charge < -0.3 is 20.2 Å².